The molecule has 0 aliphatic carbocycles. The van der Waals surface area contributed by atoms with Crippen molar-refractivity contribution in [2.24, 2.45) is 0 Å². The molecule has 0 radical (unpaired) electrons. The molecule has 0 amide bonds. The lowest BCUT2D eigenvalue weighted by molar-refractivity contribution is 0.184. The van der Waals surface area contributed by atoms with Gasteiger partial charge < -0.3 is 9.30 Å². The molecule has 0 spiro atoms. The summed E-state index contributed by atoms with van der Waals surface area (Å²) < 4.78 is 2.01. The summed E-state index contributed by atoms with van der Waals surface area (Å²) in [5, 5.41) is 0.723. The van der Waals surface area contributed by atoms with Gasteiger partial charge >= 0.3 is 0 Å². The van der Waals surface area contributed by atoms with Crippen molar-refractivity contribution in [1.82, 2.24) is 14.3 Å². The lowest BCUT2D eigenvalue weighted by Crippen LogP contribution is -2.37. The zero-order valence-electron chi connectivity index (χ0n) is 10.6. The van der Waals surface area contributed by atoms with Gasteiger partial charge in [-0.3, -0.25) is 0 Å². The first-order valence-corrected chi connectivity index (χ1v) is 6.94. The van der Waals surface area contributed by atoms with Crippen LogP contribution in [0.1, 0.15) is 25.0 Å². The molecular formula is C14H18ClN3. The van der Waals surface area contributed by atoms with E-state index in [1.165, 1.54) is 25.8 Å². The lowest BCUT2D eigenvalue weighted by atomic mass is 9.99. The maximum Gasteiger partial charge on any atom is 0.155 e. The Morgan fingerprint density at radius 3 is 3.11 bits per heavy atom. The van der Waals surface area contributed by atoms with Crippen LogP contribution in [0.5, 0.6) is 0 Å². The van der Waals surface area contributed by atoms with Crippen molar-refractivity contribution in [3.05, 3.63) is 35.2 Å². The summed E-state index contributed by atoms with van der Waals surface area (Å²) in [5.41, 5.74) is 2.01. The van der Waals surface area contributed by atoms with E-state index >= 15 is 0 Å². The van der Waals surface area contributed by atoms with Crippen molar-refractivity contribution < 1.29 is 0 Å². The third-order valence-corrected chi connectivity index (χ3v) is 4.15. The van der Waals surface area contributed by atoms with Crippen LogP contribution < -0.4 is 0 Å². The number of likely N-dealkylation sites (tertiary alicyclic amines) is 1. The maximum absolute atomic E-state index is 6.15. The Hall–Kier alpha value is -1.06. The molecule has 3 heterocycles. The number of nitrogens with zero attached hydrogens (tertiary/aromatic N) is 3. The first kappa shape index (κ1) is 12.0. The van der Waals surface area contributed by atoms with Crippen molar-refractivity contribution in [3.63, 3.8) is 0 Å². The lowest BCUT2D eigenvalue weighted by Gasteiger charge is -2.31. The molecule has 96 valence electrons. The van der Waals surface area contributed by atoms with E-state index in [0.717, 1.165) is 22.8 Å². The minimum absolute atomic E-state index is 0.627. The molecule has 0 bridgehead atoms. The predicted octanol–water partition coefficient (Wildman–Crippen LogP) is 3.01. The SMILES string of the molecule is CN1CCCCC1Cc1cn2cccc(Cl)c2n1. The number of hydrogen-bond donors (Lipinski definition) is 0. The third-order valence-electron chi connectivity index (χ3n) is 3.85. The molecule has 0 saturated carbocycles. The third kappa shape index (κ3) is 2.25. The van der Waals surface area contributed by atoms with E-state index < -0.39 is 0 Å². The zero-order chi connectivity index (χ0) is 12.5. The van der Waals surface area contributed by atoms with Gasteiger partial charge in [-0.25, -0.2) is 4.98 Å². The number of imidazole rings is 1. The van der Waals surface area contributed by atoms with Gasteiger partial charge in [-0.15, -0.1) is 0 Å². The van der Waals surface area contributed by atoms with Crippen molar-refractivity contribution >= 4 is 17.2 Å². The van der Waals surface area contributed by atoms with E-state index in [1.54, 1.807) is 0 Å². The van der Waals surface area contributed by atoms with Crippen molar-refractivity contribution in [1.29, 1.82) is 0 Å². The smallest absolute Gasteiger partial charge is 0.155 e. The average molecular weight is 264 g/mol. The van der Waals surface area contributed by atoms with Crippen LogP contribution in [0.25, 0.3) is 5.65 Å². The molecule has 1 atom stereocenters. The zero-order valence-corrected chi connectivity index (χ0v) is 11.4. The molecule has 1 aliphatic heterocycles. The quantitative estimate of drug-likeness (QED) is 0.830. The van der Waals surface area contributed by atoms with E-state index in [2.05, 4.69) is 23.1 Å². The average Bonchev–Trinajstić information content (AvgIpc) is 2.76. The Balaban J connectivity index is 1.84. The van der Waals surface area contributed by atoms with Gasteiger partial charge in [0.15, 0.2) is 5.65 Å². The standard InChI is InChI=1S/C14H18ClN3/c1-17-7-3-2-5-12(17)9-11-10-18-8-4-6-13(15)14(18)16-11/h4,6,8,10,12H,2-3,5,7,9H2,1H3. The molecule has 1 aliphatic rings. The highest BCUT2D eigenvalue weighted by atomic mass is 35.5. The Labute approximate surface area is 112 Å². The predicted molar refractivity (Wildman–Crippen MR) is 74.2 cm³/mol. The van der Waals surface area contributed by atoms with Gasteiger partial charge in [0.25, 0.3) is 0 Å². The van der Waals surface area contributed by atoms with Crippen LogP contribution >= 0.6 is 11.6 Å². The Bertz CT molecular complexity index is 549. The van der Waals surface area contributed by atoms with Gasteiger partial charge in [-0.1, -0.05) is 18.0 Å². The first-order valence-electron chi connectivity index (χ1n) is 6.56. The van der Waals surface area contributed by atoms with E-state index in [0.29, 0.717) is 6.04 Å². The number of aromatic nitrogens is 2. The minimum atomic E-state index is 0.627. The molecular weight excluding hydrogens is 246 g/mol. The fraction of sp³-hybridized carbons (Fsp3) is 0.500. The second kappa shape index (κ2) is 4.90. The number of piperidine rings is 1. The van der Waals surface area contributed by atoms with Crippen molar-refractivity contribution in [3.8, 4) is 0 Å². The summed E-state index contributed by atoms with van der Waals surface area (Å²) >= 11 is 6.15. The van der Waals surface area contributed by atoms with Crippen LogP contribution in [0.15, 0.2) is 24.5 Å². The Kier molecular flexibility index (Phi) is 3.27. The summed E-state index contributed by atoms with van der Waals surface area (Å²) in [4.78, 5) is 7.10. The molecule has 0 N–H and O–H groups in total. The highest BCUT2D eigenvalue weighted by Crippen LogP contribution is 2.21. The molecule has 4 heteroatoms. The highest BCUT2D eigenvalue weighted by molar-refractivity contribution is 6.33. The second-order valence-corrected chi connectivity index (χ2v) is 5.56. The number of hydrogen-bond acceptors (Lipinski definition) is 2. The molecule has 2 aromatic heterocycles. The molecule has 1 fully saturated rings. The molecule has 3 nitrogen and oxygen atoms in total. The van der Waals surface area contributed by atoms with Crippen LogP contribution in [0, 0.1) is 0 Å². The molecule has 1 unspecified atom stereocenters. The molecule has 0 aromatic carbocycles. The van der Waals surface area contributed by atoms with Crippen LogP contribution in [0.3, 0.4) is 0 Å². The molecule has 3 rings (SSSR count). The summed E-state index contributed by atoms with van der Waals surface area (Å²) in [5.74, 6) is 0. The van der Waals surface area contributed by atoms with Crippen LogP contribution in [0.2, 0.25) is 5.02 Å². The Morgan fingerprint density at radius 2 is 2.33 bits per heavy atom. The van der Waals surface area contributed by atoms with Crippen LogP contribution in [-0.4, -0.2) is 33.9 Å². The van der Waals surface area contributed by atoms with Gasteiger partial charge in [-0.05, 0) is 38.6 Å². The largest absolute Gasteiger partial charge is 0.306 e. The summed E-state index contributed by atoms with van der Waals surface area (Å²) in [7, 11) is 2.21. The van der Waals surface area contributed by atoms with Gasteiger partial charge in [-0.2, -0.15) is 0 Å². The maximum atomic E-state index is 6.15. The number of fused-ring (bicyclic) bond motifs is 1. The van der Waals surface area contributed by atoms with Gasteiger partial charge in [0.1, 0.15) is 0 Å². The monoisotopic (exact) mass is 263 g/mol. The molecule has 1 saturated heterocycles. The first-order chi connectivity index (χ1) is 8.74. The summed E-state index contributed by atoms with van der Waals surface area (Å²) in [6, 6.07) is 4.47. The summed E-state index contributed by atoms with van der Waals surface area (Å²) in [6.07, 6.45) is 9.06. The van der Waals surface area contributed by atoms with Crippen molar-refractivity contribution in [2.75, 3.05) is 13.6 Å². The molecule has 2 aromatic rings. The van der Waals surface area contributed by atoms with Crippen LogP contribution in [0.4, 0.5) is 0 Å². The number of rotatable bonds is 2. The van der Waals surface area contributed by atoms with Gasteiger partial charge in [0.2, 0.25) is 0 Å². The van der Waals surface area contributed by atoms with Gasteiger partial charge in [0, 0.05) is 24.9 Å². The van der Waals surface area contributed by atoms with E-state index in [1.807, 2.05) is 22.7 Å². The highest BCUT2D eigenvalue weighted by Gasteiger charge is 2.20. The minimum Gasteiger partial charge on any atom is -0.306 e. The fourth-order valence-corrected chi connectivity index (χ4v) is 2.98. The topological polar surface area (TPSA) is 20.5 Å². The van der Waals surface area contributed by atoms with Crippen molar-refractivity contribution in [2.45, 2.75) is 31.7 Å². The number of halogens is 1. The van der Waals surface area contributed by atoms with Crippen LogP contribution in [-0.2, 0) is 6.42 Å². The van der Waals surface area contributed by atoms with E-state index in [4.69, 9.17) is 11.6 Å². The van der Waals surface area contributed by atoms with E-state index in [-0.39, 0.29) is 0 Å². The number of pyridine rings is 1. The normalized spacial score (nSPS) is 21.6. The number of likely N-dealkylation sites (N-methyl/N-ethyl adjacent to an activating group) is 1. The second-order valence-electron chi connectivity index (χ2n) is 5.15. The Morgan fingerprint density at radius 1 is 1.44 bits per heavy atom. The van der Waals surface area contributed by atoms with Gasteiger partial charge in [0.05, 0.1) is 10.7 Å². The fourth-order valence-electron chi connectivity index (χ4n) is 2.77. The van der Waals surface area contributed by atoms with E-state index in [9.17, 15) is 0 Å². The summed E-state index contributed by atoms with van der Waals surface area (Å²) in [6.45, 7) is 1.21. The molecule has 18 heavy (non-hydrogen) atoms.